The SMILES string of the molecule is CCNC(=NCc1ccc(OCC)c(C)c1)NC1CCCN(c2cnn(C)c2)C1.I. The van der Waals surface area contributed by atoms with Gasteiger partial charge in [0.15, 0.2) is 5.96 Å². The summed E-state index contributed by atoms with van der Waals surface area (Å²) in [4.78, 5) is 7.21. The minimum absolute atomic E-state index is 0. The normalized spacial score (nSPS) is 16.7. The van der Waals surface area contributed by atoms with E-state index in [9.17, 15) is 0 Å². The lowest BCUT2D eigenvalue weighted by molar-refractivity contribution is 0.338. The highest BCUT2D eigenvalue weighted by molar-refractivity contribution is 14.0. The number of hydrogen-bond donors (Lipinski definition) is 2. The van der Waals surface area contributed by atoms with Gasteiger partial charge in [-0.05, 0) is 50.8 Å². The summed E-state index contributed by atoms with van der Waals surface area (Å²) in [6.45, 7) is 10.4. The molecule has 1 aliphatic heterocycles. The van der Waals surface area contributed by atoms with Crippen LogP contribution in [0.3, 0.4) is 0 Å². The van der Waals surface area contributed by atoms with Gasteiger partial charge in [-0.25, -0.2) is 4.99 Å². The van der Waals surface area contributed by atoms with Crippen LogP contribution in [0.25, 0.3) is 0 Å². The first-order valence-corrected chi connectivity index (χ1v) is 10.6. The molecule has 8 heteroatoms. The van der Waals surface area contributed by atoms with E-state index in [0.29, 0.717) is 19.2 Å². The lowest BCUT2D eigenvalue weighted by atomic mass is 10.1. The Labute approximate surface area is 197 Å². The molecule has 0 saturated carbocycles. The summed E-state index contributed by atoms with van der Waals surface area (Å²) < 4.78 is 7.49. The number of hydrogen-bond acceptors (Lipinski definition) is 4. The van der Waals surface area contributed by atoms with Crippen molar-refractivity contribution in [3.05, 3.63) is 41.7 Å². The van der Waals surface area contributed by atoms with Crippen molar-refractivity contribution in [2.45, 2.75) is 46.2 Å². The molecular weight excluding hydrogens is 491 g/mol. The lowest BCUT2D eigenvalue weighted by Crippen LogP contribution is -2.51. The summed E-state index contributed by atoms with van der Waals surface area (Å²) in [6, 6.07) is 6.65. The predicted octanol–water partition coefficient (Wildman–Crippen LogP) is 3.47. The van der Waals surface area contributed by atoms with E-state index >= 15 is 0 Å². The molecular formula is C22H35IN6O. The third-order valence-electron chi connectivity index (χ3n) is 5.12. The summed E-state index contributed by atoms with van der Waals surface area (Å²) in [6.07, 6.45) is 6.32. The first kappa shape index (κ1) is 24.3. The van der Waals surface area contributed by atoms with E-state index in [-0.39, 0.29) is 24.0 Å². The molecule has 1 aromatic carbocycles. The van der Waals surface area contributed by atoms with E-state index in [2.05, 4.69) is 52.8 Å². The van der Waals surface area contributed by atoms with E-state index in [1.165, 1.54) is 11.3 Å². The van der Waals surface area contributed by atoms with Gasteiger partial charge >= 0.3 is 0 Å². The molecule has 0 spiro atoms. The number of aliphatic imine (C=N–C) groups is 1. The van der Waals surface area contributed by atoms with Crippen molar-refractivity contribution < 1.29 is 4.74 Å². The van der Waals surface area contributed by atoms with Crippen LogP contribution in [0.15, 0.2) is 35.6 Å². The number of nitrogens with one attached hydrogen (secondary N) is 2. The second kappa shape index (κ2) is 12.0. The smallest absolute Gasteiger partial charge is 0.191 e. The summed E-state index contributed by atoms with van der Waals surface area (Å²) in [5.74, 6) is 1.82. The van der Waals surface area contributed by atoms with Crippen molar-refractivity contribution in [2.75, 3.05) is 31.1 Å². The average molecular weight is 526 g/mol. The first-order valence-electron chi connectivity index (χ1n) is 10.6. The maximum absolute atomic E-state index is 5.63. The van der Waals surface area contributed by atoms with Gasteiger partial charge in [0.05, 0.1) is 25.0 Å². The topological polar surface area (TPSA) is 66.7 Å². The largest absolute Gasteiger partial charge is 0.494 e. The Morgan fingerprint density at radius 1 is 1.33 bits per heavy atom. The van der Waals surface area contributed by atoms with Crippen LogP contribution in [0.4, 0.5) is 5.69 Å². The number of piperidine rings is 1. The van der Waals surface area contributed by atoms with E-state index in [4.69, 9.17) is 9.73 Å². The quantitative estimate of drug-likeness (QED) is 0.329. The zero-order valence-corrected chi connectivity index (χ0v) is 20.8. The molecule has 1 unspecified atom stereocenters. The molecule has 0 radical (unpaired) electrons. The summed E-state index contributed by atoms with van der Waals surface area (Å²) in [5.41, 5.74) is 3.52. The predicted molar refractivity (Wildman–Crippen MR) is 134 cm³/mol. The number of aromatic nitrogens is 2. The van der Waals surface area contributed by atoms with Crippen LogP contribution in [0, 0.1) is 6.92 Å². The van der Waals surface area contributed by atoms with Crippen LogP contribution in [-0.2, 0) is 13.6 Å². The minimum Gasteiger partial charge on any atom is -0.494 e. The molecule has 3 rings (SSSR count). The second-order valence-electron chi connectivity index (χ2n) is 7.53. The van der Waals surface area contributed by atoms with Crippen LogP contribution in [0.2, 0.25) is 0 Å². The molecule has 1 saturated heterocycles. The van der Waals surface area contributed by atoms with Crippen LogP contribution in [0.1, 0.15) is 37.8 Å². The Morgan fingerprint density at radius 2 is 2.17 bits per heavy atom. The molecule has 0 bridgehead atoms. The standard InChI is InChI=1S/C22H34N6O.HI/c1-5-23-22(24-13-18-9-10-21(29-6-2)17(3)12-18)26-19-8-7-11-28(15-19)20-14-25-27(4)16-20;/h9-10,12,14,16,19H,5-8,11,13,15H2,1-4H3,(H2,23,24,26);1H. The molecule has 0 aliphatic carbocycles. The maximum Gasteiger partial charge on any atom is 0.191 e. The fourth-order valence-electron chi connectivity index (χ4n) is 3.71. The Hall–Kier alpha value is -1.97. The van der Waals surface area contributed by atoms with Crippen molar-refractivity contribution in [2.24, 2.45) is 12.0 Å². The highest BCUT2D eigenvalue weighted by Crippen LogP contribution is 2.20. The number of aryl methyl sites for hydroxylation is 2. The maximum atomic E-state index is 5.63. The summed E-state index contributed by atoms with van der Waals surface area (Å²) in [7, 11) is 1.96. The van der Waals surface area contributed by atoms with Gasteiger partial charge in [-0.15, -0.1) is 24.0 Å². The molecule has 1 fully saturated rings. The molecule has 166 valence electrons. The van der Waals surface area contributed by atoms with Gasteiger partial charge in [-0.2, -0.15) is 5.10 Å². The molecule has 0 amide bonds. The number of guanidine groups is 1. The van der Waals surface area contributed by atoms with E-state index < -0.39 is 0 Å². The molecule has 2 aromatic rings. The number of anilines is 1. The highest BCUT2D eigenvalue weighted by Gasteiger charge is 2.21. The monoisotopic (exact) mass is 526 g/mol. The van der Waals surface area contributed by atoms with Gasteiger partial charge in [-0.1, -0.05) is 12.1 Å². The van der Waals surface area contributed by atoms with E-state index in [1.807, 2.05) is 30.9 Å². The Kier molecular flexibility index (Phi) is 9.74. The first-order chi connectivity index (χ1) is 14.1. The lowest BCUT2D eigenvalue weighted by Gasteiger charge is -2.34. The van der Waals surface area contributed by atoms with Gasteiger partial charge in [0.2, 0.25) is 0 Å². The number of benzene rings is 1. The fraction of sp³-hybridized carbons (Fsp3) is 0.545. The molecule has 2 heterocycles. The Morgan fingerprint density at radius 3 is 2.83 bits per heavy atom. The zero-order valence-electron chi connectivity index (χ0n) is 18.5. The van der Waals surface area contributed by atoms with Crippen molar-refractivity contribution in [3.8, 4) is 5.75 Å². The van der Waals surface area contributed by atoms with Gasteiger partial charge < -0.3 is 20.3 Å². The molecule has 2 N–H and O–H groups in total. The van der Waals surface area contributed by atoms with Gasteiger partial charge in [-0.3, -0.25) is 4.68 Å². The number of halogens is 1. The van der Waals surface area contributed by atoms with Crippen LogP contribution >= 0.6 is 24.0 Å². The average Bonchev–Trinajstić information content (AvgIpc) is 3.15. The van der Waals surface area contributed by atoms with Gasteiger partial charge in [0.1, 0.15) is 5.75 Å². The van der Waals surface area contributed by atoms with Crippen molar-refractivity contribution in [1.29, 1.82) is 0 Å². The highest BCUT2D eigenvalue weighted by atomic mass is 127. The summed E-state index contributed by atoms with van der Waals surface area (Å²) >= 11 is 0. The van der Waals surface area contributed by atoms with Gasteiger partial charge in [0.25, 0.3) is 0 Å². The number of ether oxygens (including phenoxy) is 1. The minimum atomic E-state index is 0. The third-order valence-corrected chi connectivity index (χ3v) is 5.12. The van der Waals surface area contributed by atoms with Crippen molar-refractivity contribution >= 4 is 35.6 Å². The van der Waals surface area contributed by atoms with E-state index in [1.54, 1.807) is 0 Å². The molecule has 7 nitrogen and oxygen atoms in total. The zero-order chi connectivity index (χ0) is 20.6. The van der Waals surface area contributed by atoms with E-state index in [0.717, 1.165) is 49.7 Å². The van der Waals surface area contributed by atoms with Crippen LogP contribution in [-0.4, -0.2) is 48.0 Å². The number of nitrogens with zero attached hydrogens (tertiary/aromatic N) is 4. The Balaban J connectivity index is 0.00000320. The molecule has 1 aliphatic rings. The molecule has 1 atom stereocenters. The van der Waals surface area contributed by atoms with Crippen molar-refractivity contribution in [1.82, 2.24) is 20.4 Å². The van der Waals surface area contributed by atoms with Crippen LogP contribution in [0.5, 0.6) is 5.75 Å². The fourth-order valence-corrected chi connectivity index (χ4v) is 3.71. The number of rotatable bonds is 7. The van der Waals surface area contributed by atoms with Crippen molar-refractivity contribution in [3.63, 3.8) is 0 Å². The summed E-state index contributed by atoms with van der Waals surface area (Å²) in [5, 5.41) is 11.3. The Bertz CT molecular complexity index is 822. The van der Waals surface area contributed by atoms with Gasteiger partial charge in [0, 0.05) is 38.9 Å². The second-order valence-corrected chi connectivity index (χ2v) is 7.53. The third kappa shape index (κ3) is 6.78. The molecule has 1 aromatic heterocycles. The molecule has 30 heavy (non-hydrogen) atoms. The van der Waals surface area contributed by atoms with Crippen LogP contribution < -0.4 is 20.3 Å².